The standard InChI is InChI=1S/C14H16N6/c1-18-8-12(11-6-4-5-7-13(11)18)16-17-14-9-20(3)15-10-19(14)2/h4-10H,1-3H3. The number of hydrazone groups is 1. The first-order valence-corrected chi connectivity index (χ1v) is 6.32. The van der Waals surface area contributed by atoms with Crippen molar-refractivity contribution in [3.63, 3.8) is 0 Å². The molecule has 1 aromatic carbocycles. The molecule has 0 bridgehead atoms. The number of para-hydroxylation sites is 1. The van der Waals surface area contributed by atoms with Gasteiger partial charge in [-0.3, -0.25) is 5.01 Å². The van der Waals surface area contributed by atoms with Crippen molar-refractivity contribution >= 4 is 22.9 Å². The van der Waals surface area contributed by atoms with Crippen molar-refractivity contribution < 1.29 is 0 Å². The summed E-state index contributed by atoms with van der Waals surface area (Å²) in [5.41, 5.74) is 2.01. The highest BCUT2D eigenvalue weighted by Crippen LogP contribution is 2.28. The van der Waals surface area contributed by atoms with Crippen LogP contribution in [0.15, 0.2) is 57.8 Å². The number of hydrogen-bond donors (Lipinski definition) is 0. The number of rotatable bonds is 2. The van der Waals surface area contributed by atoms with E-state index in [4.69, 9.17) is 0 Å². The molecule has 1 aromatic heterocycles. The molecule has 2 aromatic rings. The van der Waals surface area contributed by atoms with Gasteiger partial charge in [0, 0.05) is 32.7 Å². The van der Waals surface area contributed by atoms with Gasteiger partial charge in [0.25, 0.3) is 0 Å². The number of nitrogens with zero attached hydrogens (tertiary/aromatic N) is 6. The van der Waals surface area contributed by atoms with Crippen LogP contribution in [0.1, 0.15) is 0 Å². The highest BCUT2D eigenvalue weighted by Gasteiger charge is 2.09. The molecule has 1 aliphatic heterocycles. The molecular formula is C14H16N6. The third kappa shape index (κ3) is 2.16. The summed E-state index contributed by atoms with van der Waals surface area (Å²) in [5, 5.41) is 15.6. The molecule has 1 aliphatic rings. The first-order valence-electron chi connectivity index (χ1n) is 6.32. The van der Waals surface area contributed by atoms with E-state index in [1.165, 1.54) is 0 Å². The molecule has 3 rings (SSSR count). The van der Waals surface area contributed by atoms with Crippen molar-refractivity contribution in [1.29, 1.82) is 0 Å². The van der Waals surface area contributed by atoms with Crippen molar-refractivity contribution in [3.05, 3.63) is 42.5 Å². The van der Waals surface area contributed by atoms with Gasteiger partial charge in [0.1, 0.15) is 12.0 Å². The summed E-state index contributed by atoms with van der Waals surface area (Å²) < 4.78 is 2.05. The van der Waals surface area contributed by atoms with Crippen LogP contribution in [0.2, 0.25) is 0 Å². The second-order valence-electron chi connectivity index (χ2n) is 4.75. The lowest BCUT2D eigenvalue weighted by atomic mass is 10.2. The largest absolute Gasteiger partial charge is 0.348 e. The minimum Gasteiger partial charge on any atom is -0.348 e. The zero-order valence-electron chi connectivity index (χ0n) is 11.7. The van der Waals surface area contributed by atoms with Gasteiger partial charge >= 0.3 is 0 Å². The Balaban J connectivity index is 1.95. The Hall–Kier alpha value is -2.63. The summed E-state index contributed by atoms with van der Waals surface area (Å²) >= 11 is 0. The molecule has 0 spiro atoms. The molecule has 6 heteroatoms. The van der Waals surface area contributed by atoms with E-state index in [2.05, 4.69) is 32.0 Å². The predicted molar refractivity (Wildman–Crippen MR) is 79.5 cm³/mol. The van der Waals surface area contributed by atoms with Crippen molar-refractivity contribution in [3.8, 4) is 0 Å². The van der Waals surface area contributed by atoms with Gasteiger partial charge in [0.05, 0.1) is 11.7 Å². The summed E-state index contributed by atoms with van der Waals surface area (Å²) in [6.07, 6.45) is 5.52. The Kier molecular flexibility index (Phi) is 2.98. The molecule has 0 fully saturated rings. The fourth-order valence-electron chi connectivity index (χ4n) is 2.11. The fourth-order valence-corrected chi connectivity index (χ4v) is 2.11. The Bertz CT molecular complexity index is 724. The molecule has 0 radical (unpaired) electrons. The van der Waals surface area contributed by atoms with Crippen molar-refractivity contribution in [1.82, 2.24) is 14.5 Å². The van der Waals surface area contributed by atoms with Gasteiger partial charge in [-0.05, 0) is 6.07 Å². The smallest absolute Gasteiger partial charge is 0.174 e. The lowest BCUT2D eigenvalue weighted by Gasteiger charge is -2.20. The normalized spacial score (nSPS) is 15.4. The monoisotopic (exact) mass is 268 g/mol. The third-order valence-electron chi connectivity index (χ3n) is 3.21. The Labute approximate surface area is 117 Å². The molecule has 20 heavy (non-hydrogen) atoms. The Morgan fingerprint density at radius 2 is 1.85 bits per heavy atom. The van der Waals surface area contributed by atoms with Gasteiger partial charge in [0.15, 0.2) is 5.82 Å². The van der Waals surface area contributed by atoms with Gasteiger partial charge in [0.2, 0.25) is 0 Å². The minimum atomic E-state index is 0.746. The zero-order chi connectivity index (χ0) is 14.1. The lowest BCUT2D eigenvalue weighted by Crippen LogP contribution is -2.22. The summed E-state index contributed by atoms with van der Waals surface area (Å²) in [7, 11) is 5.76. The van der Waals surface area contributed by atoms with Gasteiger partial charge in [-0.1, -0.05) is 18.2 Å². The van der Waals surface area contributed by atoms with Crippen molar-refractivity contribution in [2.45, 2.75) is 0 Å². The molecular weight excluding hydrogens is 252 g/mol. The van der Waals surface area contributed by atoms with Crippen LogP contribution in [0.4, 0.5) is 5.69 Å². The maximum Gasteiger partial charge on any atom is 0.174 e. The SMILES string of the molecule is CN1C=C(N=Nc2cn(C)c3ccccc23)N(C)C=N1. The van der Waals surface area contributed by atoms with Crippen molar-refractivity contribution in [2.75, 3.05) is 14.1 Å². The van der Waals surface area contributed by atoms with E-state index in [0.717, 1.165) is 22.4 Å². The number of fused-ring (bicyclic) bond motifs is 1. The highest BCUT2D eigenvalue weighted by molar-refractivity contribution is 5.91. The second-order valence-corrected chi connectivity index (χ2v) is 4.75. The molecule has 6 nitrogen and oxygen atoms in total. The summed E-state index contributed by atoms with van der Waals surface area (Å²) in [6.45, 7) is 0. The van der Waals surface area contributed by atoms with E-state index in [-0.39, 0.29) is 0 Å². The van der Waals surface area contributed by atoms with Crippen molar-refractivity contribution in [2.24, 2.45) is 22.4 Å². The number of aryl methyl sites for hydroxylation is 1. The van der Waals surface area contributed by atoms with Gasteiger partial charge in [-0.25, -0.2) is 0 Å². The summed E-state index contributed by atoms with van der Waals surface area (Å²) in [6, 6.07) is 8.15. The average Bonchev–Trinajstić information content (AvgIpc) is 2.77. The predicted octanol–water partition coefficient (Wildman–Crippen LogP) is 2.88. The van der Waals surface area contributed by atoms with Crippen LogP contribution in [0.5, 0.6) is 0 Å². The number of azo groups is 1. The van der Waals surface area contributed by atoms with E-state index in [1.807, 2.05) is 50.6 Å². The second kappa shape index (κ2) is 4.80. The zero-order valence-corrected chi connectivity index (χ0v) is 11.7. The van der Waals surface area contributed by atoms with Gasteiger partial charge in [-0.15, -0.1) is 10.2 Å². The summed E-state index contributed by atoms with van der Waals surface area (Å²) in [5.74, 6) is 0.746. The molecule has 0 N–H and O–H groups in total. The first-order chi connectivity index (χ1) is 9.65. The first kappa shape index (κ1) is 12.4. The maximum absolute atomic E-state index is 4.37. The molecule has 0 saturated carbocycles. The minimum absolute atomic E-state index is 0.746. The maximum atomic E-state index is 4.37. The van der Waals surface area contributed by atoms with Gasteiger partial charge in [-0.2, -0.15) is 5.10 Å². The van der Waals surface area contributed by atoms with E-state index in [9.17, 15) is 0 Å². The molecule has 0 saturated heterocycles. The van der Waals surface area contributed by atoms with Gasteiger partial charge < -0.3 is 9.47 Å². The van der Waals surface area contributed by atoms with Crippen LogP contribution in [-0.2, 0) is 7.05 Å². The number of benzene rings is 1. The topological polar surface area (TPSA) is 48.5 Å². The highest BCUT2D eigenvalue weighted by atomic mass is 15.5. The Morgan fingerprint density at radius 3 is 2.70 bits per heavy atom. The van der Waals surface area contributed by atoms with Crippen LogP contribution in [0, 0.1) is 0 Å². The van der Waals surface area contributed by atoms with Crippen LogP contribution in [-0.4, -0.2) is 34.9 Å². The molecule has 102 valence electrons. The van der Waals surface area contributed by atoms with E-state index in [1.54, 1.807) is 11.3 Å². The van der Waals surface area contributed by atoms with Crippen LogP contribution in [0.3, 0.4) is 0 Å². The average molecular weight is 268 g/mol. The van der Waals surface area contributed by atoms with E-state index >= 15 is 0 Å². The molecule has 0 aliphatic carbocycles. The lowest BCUT2D eigenvalue weighted by molar-refractivity contribution is 0.431. The molecule has 0 amide bonds. The number of hydrogen-bond acceptors (Lipinski definition) is 5. The van der Waals surface area contributed by atoms with Crippen LogP contribution >= 0.6 is 0 Å². The third-order valence-corrected chi connectivity index (χ3v) is 3.21. The molecule has 2 heterocycles. The van der Waals surface area contributed by atoms with Crippen LogP contribution in [0.25, 0.3) is 10.9 Å². The van der Waals surface area contributed by atoms with E-state index < -0.39 is 0 Å². The van der Waals surface area contributed by atoms with E-state index in [0.29, 0.717) is 0 Å². The quantitative estimate of drug-likeness (QED) is 0.786. The summed E-state index contributed by atoms with van der Waals surface area (Å²) in [4.78, 5) is 1.83. The number of aromatic nitrogens is 1. The Morgan fingerprint density at radius 1 is 1.05 bits per heavy atom. The molecule has 0 atom stereocenters. The van der Waals surface area contributed by atoms with Crippen LogP contribution < -0.4 is 0 Å². The molecule has 0 unspecified atom stereocenters. The fraction of sp³-hybridized carbons (Fsp3) is 0.214.